The van der Waals surface area contributed by atoms with Gasteiger partial charge in [0, 0.05) is 11.8 Å². The summed E-state index contributed by atoms with van der Waals surface area (Å²) < 4.78 is 0. The third-order valence-electron chi connectivity index (χ3n) is 6.24. The topological polar surface area (TPSA) is 12.9 Å². The second-order valence-corrected chi connectivity index (χ2v) is 13.7. The first-order valence-electron chi connectivity index (χ1n) is 10.7. The Bertz CT molecular complexity index is 940. The van der Waals surface area contributed by atoms with Crippen LogP contribution in [0.5, 0.6) is 0 Å². The first-order valence-corrected chi connectivity index (χ1v) is 13.6. The van der Waals surface area contributed by atoms with Crippen molar-refractivity contribution in [3.63, 3.8) is 0 Å². The van der Waals surface area contributed by atoms with E-state index >= 15 is 0 Å². The Morgan fingerprint density at radius 2 is 1.54 bits per heavy atom. The van der Waals surface area contributed by atoms with Gasteiger partial charge in [-0.3, -0.25) is 4.98 Å². The van der Waals surface area contributed by atoms with Gasteiger partial charge in [0.05, 0.1) is 13.8 Å². The maximum Gasteiger partial charge on any atom is 0.0860 e. The molecule has 0 spiro atoms. The van der Waals surface area contributed by atoms with E-state index < -0.39 is 8.07 Å². The molecule has 0 atom stereocenters. The van der Waals surface area contributed by atoms with Gasteiger partial charge in [-0.2, -0.15) is 0 Å². The van der Waals surface area contributed by atoms with Crippen molar-refractivity contribution >= 4 is 13.3 Å². The van der Waals surface area contributed by atoms with Crippen LogP contribution in [0.1, 0.15) is 32.3 Å². The van der Waals surface area contributed by atoms with E-state index in [1.807, 2.05) is 0 Å². The van der Waals surface area contributed by atoms with Crippen LogP contribution in [-0.4, -0.2) is 13.1 Å². The summed E-state index contributed by atoms with van der Waals surface area (Å²) in [7, 11) is -1.32. The lowest BCUT2D eigenvalue weighted by Gasteiger charge is -2.26. The van der Waals surface area contributed by atoms with Crippen LogP contribution in [-0.2, 0) is 6.42 Å². The second kappa shape index (κ2) is 8.04. The predicted octanol–water partition coefficient (Wildman–Crippen LogP) is 6.69. The smallest absolute Gasteiger partial charge is 0.0860 e. The Morgan fingerprint density at radius 1 is 0.857 bits per heavy atom. The Kier molecular flexibility index (Phi) is 5.50. The zero-order valence-electron chi connectivity index (χ0n) is 17.4. The molecule has 0 bridgehead atoms. The number of hydrogen-bond acceptors (Lipinski definition) is 1. The SMILES string of the molecule is CC(C)Cc1cc(-c2cccc(-c3ccccc3)c2)ncc1[Si]1(C)CCCC1. The van der Waals surface area contributed by atoms with Crippen LogP contribution < -0.4 is 5.19 Å². The highest BCUT2D eigenvalue weighted by atomic mass is 28.3. The number of nitrogens with zero attached hydrogens (tertiary/aromatic N) is 1. The number of aromatic nitrogens is 1. The maximum absolute atomic E-state index is 4.98. The minimum atomic E-state index is -1.32. The third kappa shape index (κ3) is 3.98. The molecule has 144 valence electrons. The Labute approximate surface area is 170 Å². The lowest BCUT2D eigenvalue weighted by atomic mass is 9.99. The zero-order valence-corrected chi connectivity index (χ0v) is 18.4. The van der Waals surface area contributed by atoms with Gasteiger partial charge in [-0.15, -0.1) is 0 Å². The lowest BCUT2D eigenvalue weighted by Crippen LogP contribution is -2.44. The van der Waals surface area contributed by atoms with E-state index in [-0.39, 0.29) is 0 Å². The van der Waals surface area contributed by atoms with Gasteiger partial charge in [0.15, 0.2) is 0 Å². The molecule has 1 aliphatic rings. The molecule has 0 aliphatic carbocycles. The van der Waals surface area contributed by atoms with Crippen LogP contribution in [0.15, 0.2) is 66.9 Å². The fraction of sp³-hybridized carbons (Fsp3) is 0.346. The van der Waals surface area contributed by atoms with Crippen LogP contribution in [0.4, 0.5) is 0 Å². The molecule has 1 aromatic heterocycles. The molecule has 1 fully saturated rings. The van der Waals surface area contributed by atoms with Crippen LogP contribution in [0.25, 0.3) is 22.4 Å². The number of pyridine rings is 1. The average Bonchev–Trinajstić information content (AvgIpc) is 3.16. The molecule has 0 saturated carbocycles. The quantitative estimate of drug-likeness (QED) is 0.446. The highest BCUT2D eigenvalue weighted by Crippen LogP contribution is 2.32. The first kappa shape index (κ1) is 19.1. The summed E-state index contributed by atoms with van der Waals surface area (Å²) in [6.45, 7) is 7.24. The molecular formula is C26H31NSi. The van der Waals surface area contributed by atoms with Gasteiger partial charge < -0.3 is 0 Å². The summed E-state index contributed by atoms with van der Waals surface area (Å²) in [4.78, 5) is 4.98. The third-order valence-corrected chi connectivity index (χ3v) is 10.9. The molecule has 2 aromatic carbocycles. The zero-order chi connectivity index (χ0) is 19.6. The van der Waals surface area contributed by atoms with Crippen molar-refractivity contribution in [3.05, 3.63) is 72.4 Å². The van der Waals surface area contributed by atoms with Crippen LogP contribution >= 0.6 is 0 Å². The molecule has 1 nitrogen and oxygen atoms in total. The fourth-order valence-electron chi connectivity index (χ4n) is 4.72. The molecule has 0 N–H and O–H groups in total. The summed E-state index contributed by atoms with van der Waals surface area (Å²) in [5, 5.41) is 1.63. The van der Waals surface area contributed by atoms with Crippen molar-refractivity contribution in [3.8, 4) is 22.4 Å². The van der Waals surface area contributed by atoms with Gasteiger partial charge >= 0.3 is 0 Å². The van der Waals surface area contributed by atoms with Gasteiger partial charge in [0.25, 0.3) is 0 Å². The largest absolute Gasteiger partial charge is 0.256 e. The lowest BCUT2D eigenvalue weighted by molar-refractivity contribution is 0.648. The van der Waals surface area contributed by atoms with Crippen LogP contribution in [0.3, 0.4) is 0 Å². The molecular weight excluding hydrogens is 354 g/mol. The van der Waals surface area contributed by atoms with Crippen molar-refractivity contribution in [1.82, 2.24) is 4.98 Å². The molecule has 4 rings (SSSR count). The summed E-state index contributed by atoms with van der Waals surface area (Å²) in [6, 6.07) is 24.7. The summed E-state index contributed by atoms with van der Waals surface area (Å²) in [5.74, 6) is 0.670. The average molecular weight is 386 g/mol. The second-order valence-electron chi connectivity index (χ2n) is 9.04. The Balaban J connectivity index is 1.74. The standard InChI is InChI=1S/C26H31NSi/c1-20(2)16-24-18-25(27-19-26(24)28(3)14-7-8-15-28)23-13-9-12-22(17-23)21-10-5-4-6-11-21/h4-6,9-13,17-20H,7-8,14-16H2,1-3H3. The molecule has 0 radical (unpaired) electrons. The Morgan fingerprint density at radius 3 is 2.25 bits per heavy atom. The fourth-order valence-corrected chi connectivity index (χ4v) is 8.90. The summed E-state index contributed by atoms with van der Waals surface area (Å²) in [6.07, 6.45) is 6.22. The van der Waals surface area contributed by atoms with Gasteiger partial charge in [0.2, 0.25) is 0 Å². The molecule has 1 saturated heterocycles. The maximum atomic E-state index is 4.98. The summed E-state index contributed by atoms with van der Waals surface area (Å²) in [5.41, 5.74) is 6.41. The van der Waals surface area contributed by atoms with E-state index in [2.05, 4.69) is 87.3 Å². The molecule has 2 heteroatoms. The van der Waals surface area contributed by atoms with Gasteiger partial charge in [-0.1, -0.05) is 93.9 Å². The van der Waals surface area contributed by atoms with E-state index in [9.17, 15) is 0 Å². The van der Waals surface area contributed by atoms with Crippen LogP contribution in [0, 0.1) is 5.92 Å². The molecule has 1 aliphatic heterocycles. The number of hydrogen-bond donors (Lipinski definition) is 0. The molecule has 2 heterocycles. The molecule has 3 aromatic rings. The van der Waals surface area contributed by atoms with Crippen molar-refractivity contribution in [1.29, 1.82) is 0 Å². The number of benzene rings is 2. The highest BCUT2D eigenvalue weighted by Gasteiger charge is 2.35. The van der Waals surface area contributed by atoms with E-state index in [4.69, 9.17) is 4.98 Å². The normalized spacial score (nSPS) is 15.9. The van der Waals surface area contributed by atoms with Crippen LogP contribution in [0.2, 0.25) is 18.6 Å². The van der Waals surface area contributed by atoms with E-state index in [0.29, 0.717) is 5.92 Å². The van der Waals surface area contributed by atoms with E-state index in [1.54, 1.807) is 10.8 Å². The minimum absolute atomic E-state index is 0.670. The minimum Gasteiger partial charge on any atom is -0.256 e. The molecule has 0 amide bonds. The van der Waals surface area contributed by atoms with E-state index in [0.717, 1.165) is 12.1 Å². The summed E-state index contributed by atoms with van der Waals surface area (Å²) >= 11 is 0. The van der Waals surface area contributed by atoms with E-state index in [1.165, 1.54) is 41.6 Å². The van der Waals surface area contributed by atoms with Gasteiger partial charge in [-0.05, 0) is 46.3 Å². The van der Waals surface area contributed by atoms with Crippen molar-refractivity contribution in [2.75, 3.05) is 0 Å². The highest BCUT2D eigenvalue weighted by molar-refractivity contribution is 6.91. The first-order chi connectivity index (χ1) is 13.5. The molecule has 28 heavy (non-hydrogen) atoms. The van der Waals surface area contributed by atoms with Crippen molar-refractivity contribution < 1.29 is 0 Å². The van der Waals surface area contributed by atoms with Gasteiger partial charge in [0.1, 0.15) is 0 Å². The van der Waals surface area contributed by atoms with Crippen molar-refractivity contribution in [2.24, 2.45) is 5.92 Å². The Hall–Kier alpha value is -2.19. The van der Waals surface area contributed by atoms with Gasteiger partial charge in [-0.25, -0.2) is 0 Å². The van der Waals surface area contributed by atoms with Crippen molar-refractivity contribution in [2.45, 2.75) is 51.7 Å². The predicted molar refractivity (Wildman–Crippen MR) is 124 cm³/mol. The monoisotopic (exact) mass is 385 g/mol. The number of rotatable bonds is 5. The molecule has 0 unspecified atom stereocenters.